The first-order chi connectivity index (χ1) is 15.1. The van der Waals surface area contributed by atoms with Crippen molar-refractivity contribution >= 4 is 22.8 Å². The Morgan fingerprint density at radius 1 is 1.06 bits per heavy atom. The van der Waals surface area contributed by atoms with Crippen LogP contribution in [0.5, 0.6) is 6.01 Å². The lowest BCUT2D eigenvalue weighted by atomic mass is 10.0. The van der Waals surface area contributed by atoms with Crippen molar-refractivity contribution in [2.45, 2.75) is 18.6 Å². The summed E-state index contributed by atoms with van der Waals surface area (Å²) in [5.41, 5.74) is 4.52. The summed E-state index contributed by atoms with van der Waals surface area (Å²) in [4.78, 5) is 12.1. The second-order valence-corrected chi connectivity index (χ2v) is 7.84. The van der Waals surface area contributed by atoms with E-state index in [2.05, 4.69) is 15.0 Å². The van der Waals surface area contributed by atoms with Crippen molar-refractivity contribution in [2.75, 3.05) is 13.2 Å². The predicted molar refractivity (Wildman–Crippen MR) is 116 cm³/mol. The first kappa shape index (κ1) is 19.9. The van der Waals surface area contributed by atoms with Crippen molar-refractivity contribution in [1.29, 1.82) is 0 Å². The van der Waals surface area contributed by atoms with Gasteiger partial charge in [0.15, 0.2) is 5.65 Å². The summed E-state index contributed by atoms with van der Waals surface area (Å²) in [6, 6.07) is 16.2. The maximum atomic E-state index is 13.2. The molecule has 6 nitrogen and oxygen atoms in total. The van der Waals surface area contributed by atoms with Crippen LogP contribution in [0.3, 0.4) is 0 Å². The van der Waals surface area contributed by atoms with Crippen molar-refractivity contribution in [1.82, 2.24) is 15.0 Å². The van der Waals surface area contributed by atoms with Gasteiger partial charge in [-0.15, -0.1) is 0 Å². The molecule has 8 heteroatoms. The summed E-state index contributed by atoms with van der Waals surface area (Å²) >= 11 is 6.49. The monoisotopic (exact) mass is 439 g/mol. The molecule has 0 radical (unpaired) electrons. The summed E-state index contributed by atoms with van der Waals surface area (Å²) < 4.78 is 24.4. The fraction of sp³-hybridized carbons (Fsp3) is 0.217. The van der Waals surface area contributed by atoms with Crippen LogP contribution in [0.15, 0.2) is 54.6 Å². The van der Waals surface area contributed by atoms with Crippen LogP contribution in [0, 0.1) is 5.82 Å². The number of pyridine rings is 1. The zero-order valence-corrected chi connectivity index (χ0v) is 17.1. The van der Waals surface area contributed by atoms with Crippen LogP contribution < -0.4 is 4.74 Å². The second kappa shape index (κ2) is 8.26. The highest BCUT2D eigenvalue weighted by molar-refractivity contribution is 6.33. The third-order valence-corrected chi connectivity index (χ3v) is 5.55. The Balaban J connectivity index is 1.39. The zero-order chi connectivity index (χ0) is 21.4. The van der Waals surface area contributed by atoms with Crippen LogP contribution in [0.4, 0.5) is 4.39 Å². The minimum Gasteiger partial charge on any atom is -0.459 e. The number of aromatic nitrogens is 3. The van der Waals surface area contributed by atoms with E-state index in [4.69, 9.17) is 21.1 Å². The molecule has 1 aliphatic rings. The van der Waals surface area contributed by atoms with Gasteiger partial charge >= 0.3 is 0 Å². The second-order valence-electron chi connectivity index (χ2n) is 7.43. The molecule has 31 heavy (non-hydrogen) atoms. The van der Waals surface area contributed by atoms with Gasteiger partial charge in [-0.25, -0.2) is 9.37 Å². The highest BCUT2D eigenvalue weighted by Gasteiger charge is 2.27. The topological polar surface area (TPSA) is 80.3 Å². The minimum absolute atomic E-state index is 0.0273. The van der Waals surface area contributed by atoms with Crippen molar-refractivity contribution in [3.63, 3.8) is 0 Å². The number of nitrogens with one attached hydrogen (secondary N) is 1. The lowest BCUT2D eigenvalue weighted by molar-refractivity contribution is 0.0528. The van der Waals surface area contributed by atoms with Crippen molar-refractivity contribution in [3.05, 3.63) is 65.4 Å². The molecule has 158 valence electrons. The highest BCUT2D eigenvalue weighted by atomic mass is 35.5. The van der Waals surface area contributed by atoms with Gasteiger partial charge < -0.3 is 19.6 Å². The first-order valence-corrected chi connectivity index (χ1v) is 10.3. The summed E-state index contributed by atoms with van der Waals surface area (Å²) in [6.45, 7) is 0.378. The standard InChI is InChI=1S/C23H19ClFN3O3/c24-19-10-20-22(28-23(26-20)31-18-9-17(11-29)30-12-18)27-21(19)15-3-1-13(2-4-15)14-5-7-16(25)8-6-14/h1-8,10,17-18,29H,9,11-12H2,(H,26,27,28). The molecule has 0 bridgehead atoms. The smallest absolute Gasteiger partial charge is 0.296 e. The van der Waals surface area contributed by atoms with E-state index in [0.717, 1.165) is 16.7 Å². The van der Waals surface area contributed by atoms with Crippen molar-refractivity contribution < 1.29 is 19.0 Å². The Labute approximate surface area is 182 Å². The average molecular weight is 440 g/mol. The molecule has 4 aromatic rings. The van der Waals surface area contributed by atoms with Gasteiger partial charge in [0.2, 0.25) is 0 Å². The molecule has 0 aliphatic carbocycles. The van der Waals surface area contributed by atoms with Crippen LogP contribution in [-0.2, 0) is 4.74 Å². The fourth-order valence-corrected chi connectivity index (χ4v) is 3.92. The number of rotatable bonds is 5. The van der Waals surface area contributed by atoms with Crippen LogP contribution >= 0.6 is 11.6 Å². The van der Waals surface area contributed by atoms with Crippen LogP contribution in [0.2, 0.25) is 5.02 Å². The highest BCUT2D eigenvalue weighted by Crippen LogP contribution is 2.31. The lowest BCUT2D eigenvalue weighted by Crippen LogP contribution is -2.17. The van der Waals surface area contributed by atoms with Gasteiger partial charge in [-0.2, -0.15) is 4.98 Å². The van der Waals surface area contributed by atoms with Crippen LogP contribution in [-0.4, -0.2) is 45.5 Å². The number of nitrogens with zero attached hydrogens (tertiary/aromatic N) is 2. The molecular weight excluding hydrogens is 421 g/mol. The predicted octanol–water partition coefficient (Wildman–Crippen LogP) is 4.61. The number of fused-ring (bicyclic) bond motifs is 1. The number of hydrogen-bond donors (Lipinski definition) is 2. The molecule has 0 saturated carbocycles. The van der Waals surface area contributed by atoms with Crippen LogP contribution in [0.1, 0.15) is 6.42 Å². The Bertz CT molecular complexity index is 1210. The quantitative estimate of drug-likeness (QED) is 0.474. The number of aromatic amines is 1. The van der Waals surface area contributed by atoms with Crippen molar-refractivity contribution in [2.24, 2.45) is 0 Å². The number of benzene rings is 2. The number of ether oxygens (including phenoxy) is 2. The van der Waals surface area contributed by atoms with E-state index in [1.807, 2.05) is 24.3 Å². The molecular formula is C23H19ClFN3O3. The molecule has 1 fully saturated rings. The molecule has 2 N–H and O–H groups in total. The largest absolute Gasteiger partial charge is 0.459 e. The Morgan fingerprint density at radius 2 is 1.74 bits per heavy atom. The third kappa shape index (κ3) is 4.12. The van der Waals surface area contributed by atoms with E-state index in [-0.39, 0.29) is 24.6 Å². The number of aliphatic hydroxyl groups is 1. The molecule has 2 atom stereocenters. The van der Waals surface area contributed by atoms with E-state index < -0.39 is 0 Å². The maximum absolute atomic E-state index is 13.2. The number of halogens is 2. The Morgan fingerprint density at radius 3 is 2.42 bits per heavy atom. The maximum Gasteiger partial charge on any atom is 0.296 e. The summed E-state index contributed by atoms with van der Waals surface area (Å²) in [7, 11) is 0. The van der Waals surface area contributed by atoms with Gasteiger partial charge in [-0.1, -0.05) is 48.0 Å². The number of H-pyrrole nitrogens is 1. The summed E-state index contributed by atoms with van der Waals surface area (Å²) in [6.07, 6.45) is 0.228. The summed E-state index contributed by atoms with van der Waals surface area (Å²) in [5.74, 6) is -0.263. The van der Waals surface area contributed by atoms with Gasteiger partial charge in [-0.3, -0.25) is 0 Å². The van der Waals surface area contributed by atoms with Gasteiger partial charge in [0.05, 0.1) is 35.6 Å². The zero-order valence-electron chi connectivity index (χ0n) is 16.4. The van der Waals surface area contributed by atoms with Gasteiger partial charge in [0.25, 0.3) is 6.01 Å². The minimum atomic E-state index is -0.263. The normalized spacial score (nSPS) is 18.5. The summed E-state index contributed by atoms with van der Waals surface area (Å²) in [5, 5.41) is 9.67. The van der Waals surface area contributed by atoms with Gasteiger partial charge in [-0.05, 0) is 29.3 Å². The van der Waals surface area contributed by atoms with E-state index >= 15 is 0 Å². The van der Waals surface area contributed by atoms with E-state index in [1.54, 1.807) is 18.2 Å². The molecule has 1 saturated heterocycles. The molecule has 0 amide bonds. The lowest BCUT2D eigenvalue weighted by Gasteiger charge is -2.07. The molecule has 2 aromatic heterocycles. The number of imidazole rings is 1. The van der Waals surface area contributed by atoms with Crippen molar-refractivity contribution in [3.8, 4) is 28.4 Å². The molecule has 0 spiro atoms. The molecule has 1 aliphatic heterocycles. The molecule has 2 unspecified atom stereocenters. The fourth-order valence-electron chi connectivity index (χ4n) is 3.66. The van der Waals surface area contributed by atoms with E-state index in [9.17, 15) is 9.50 Å². The van der Waals surface area contributed by atoms with E-state index in [0.29, 0.717) is 40.9 Å². The SMILES string of the molecule is OCC1CC(Oc2nc3nc(-c4ccc(-c5ccc(F)cc5)cc4)c(Cl)cc3[nH]2)CO1. The average Bonchev–Trinajstić information content (AvgIpc) is 3.40. The van der Waals surface area contributed by atoms with Gasteiger partial charge in [0.1, 0.15) is 11.9 Å². The third-order valence-electron chi connectivity index (χ3n) is 5.27. The van der Waals surface area contributed by atoms with Gasteiger partial charge in [0, 0.05) is 12.0 Å². The Hall–Kier alpha value is -3.00. The molecule has 2 aromatic carbocycles. The van der Waals surface area contributed by atoms with E-state index in [1.165, 1.54) is 12.1 Å². The van der Waals surface area contributed by atoms with Crippen LogP contribution in [0.25, 0.3) is 33.5 Å². The number of hydrogen-bond acceptors (Lipinski definition) is 5. The molecule has 3 heterocycles. The number of aliphatic hydroxyl groups excluding tert-OH is 1. The Kier molecular flexibility index (Phi) is 5.31. The molecule has 5 rings (SSSR count). The first-order valence-electron chi connectivity index (χ1n) is 9.91.